The largest absolute Gasteiger partial charge is 0.477 e. The van der Waals surface area contributed by atoms with Gasteiger partial charge in [0.15, 0.2) is 14.8 Å². The van der Waals surface area contributed by atoms with Crippen molar-refractivity contribution in [1.29, 1.82) is 10.5 Å². The maximum Gasteiger partial charge on any atom is 0.350 e. The third-order valence-corrected chi connectivity index (χ3v) is 12.6. The molecule has 284 valence electrons. The Labute approximate surface area is 347 Å². The molecule has 0 saturated heterocycles. The molecule has 0 aromatic carbocycles. The zero-order chi connectivity index (χ0) is 40.6. The number of thiophene rings is 2. The number of rotatable bonds is 3. The predicted octanol–water partition coefficient (Wildman–Crippen LogP) is 9.40. The lowest BCUT2D eigenvalue weighted by Gasteiger charge is -1.95. The Kier molecular flexibility index (Phi) is 21.1. The summed E-state index contributed by atoms with van der Waals surface area (Å²) in [5, 5.41) is 28.6. The second kappa shape index (κ2) is 23.4. The van der Waals surface area contributed by atoms with Gasteiger partial charge in [-0.2, -0.15) is 23.2 Å². The molecule has 6 rings (SSSR count). The quantitative estimate of drug-likeness (QED) is 0.0955. The van der Waals surface area contributed by atoms with Crippen molar-refractivity contribution in [3.05, 3.63) is 49.3 Å². The first-order valence-electron chi connectivity index (χ1n) is 14.1. The number of carbonyl (C=O) groups excluding carboxylic acids is 2. The van der Waals surface area contributed by atoms with Gasteiger partial charge in [0.1, 0.15) is 41.3 Å². The standard InChI is InChI=1S/C8H8N2O2S2.C7H6N2O2S2.C5H3ClN2S.C4Cl2N2S.C3H6O2S.C2H6/c1-3-10-7-5(13-3)4(9)6(14-7)8(11)12-2;1-2-9-6-4(12-2)3(8)5(13-6)7(10)11;1-3-8-5(6)4(2-7)9-3;5-3-2(1-7)9-4(6)8-3;1-5-3(4)2-6;1-2/h9H2,1-2H3;8H2,1H3,(H,10,11);1H3;;6H,2H2,1H3;1-2H3. The van der Waals surface area contributed by atoms with Crippen molar-refractivity contribution in [3.8, 4) is 12.1 Å². The molecule has 6 aromatic heterocycles. The van der Waals surface area contributed by atoms with Crippen molar-refractivity contribution in [2.75, 3.05) is 31.4 Å². The number of nitrogen functional groups attached to an aromatic ring is 2. The number of nitrogens with zero attached hydrogens (tertiary/aromatic N) is 6. The summed E-state index contributed by atoms with van der Waals surface area (Å²) in [5.41, 5.74) is 12.3. The van der Waals surface area contributed by atoms with Gasteiger partial charge in [-0.25, -0.2) is 29.5 Å². The highest BCUT2D eigenvalue weighted by atomic mass is 35.5. The molecular weight excluding hydrogens is 887 g/mol. The number of aromatic carboxylic acids is 1. The van der Waals surface area contributed by atoms with Crippen LogP contribution in [0.5, 0.6) is 0 Å². The number of aromatic nitrogens is 4. The van der Waals surface area contributed by atoms with Crippen molar-refractivity contribution in [2.24, 2.45) is 0 Å². The maximum absolute atomic E-state index is 11.3. The van der Waals surface area contributed by atoms with Crippen LogP contribution in [0.3, 0.4) is 0 Å². The minimum Gasteiger partial charge on any atom is -0.477 e. The first-order chi connectivity index (χ1) is 25.0. The summed E-state index contributed by atoms with van der Waals surface area (Å²) in [5.74, 6) is -1.50. The van der Waals surface area contributed by atoms with Crippen molar-refractivity contribution in [3.63, 3.8) is 0 Å². The molecule has 0 spiro atoms. The molecule has 14 nitrogen and oxygen atoms in total. The molecule has 24 heteroatoms. The Balaban J connectivity index is 0.000000336. The Morgan fingerprint density at radius 2 is 1.17 bits per heavy atom. The number of fused-ring (bicyclic) bond motifs is 2. The maximum atomic E-state index is 11.3. The molecule has 0 amide bonds. The number of carboxylic acids is 1. The molecule has 0 aliphatic rings. The Morgan fingerprint density at radius 3 is 1.45 bits per heavy atom. The van der Waals surface area contributed by atoms with E-state index < -0.39 is 11.9 Å². The molecule has 0 fully saturated rings. The molecular formula is C29H29Cl3N8O6S7. The van der Waals surface area contributed by atoms with Gasteiger partial charge < -0.3 is 26.0 Å². The number of carbonyl (C=O) groups is 3. The lowest BCUT2D eigenvalue weighted by Crippen LogP contribution is -2.01. The summed E-state index contributed by atoms with van der Waals surface area (Å²) in [6.45, 7) is 9.60. The number of ether oxygens (including phenoxy) is 2. The lowest BCUT2D eigenvalue weighted by atomic mass is 10.4. The number of methoxy groups -OCH3 is 2. The molecule has 0 aliphatic carbocycles. The summed E-state index contributed by atoms with van der Waals surface area (Å²) in [4.78, 5) is 50.7. The van der Waals surface area contributed by atoms with Gasteiger partial charge in [-0.3, -0.25) is 4.79 Å². The number of halogens is 3. The number of nitrogens with two attached hydrogens (primary N) is 2. The number of aryl methyl sites for hydroxylation is 3. The summed E-state index contributed by atoms with van der Waals surface area (Å²) >= 11 is 27.7. The van der Waals surface area contributed by atoms with Gasteiger partial charge in [0.05, 0.1) is 55.8 Å². The summed E-state index contributed by atoms with van der Waals surface area (Å²) < 4.78 is 10.8. The Bertz CT molecular complexity index is 2180. The molecule has 6 heterocycles. The number of thiazole rings is 4. The van der Waals surface area contributed by atoms with E-state index in [0.29, 0.717) is 35.6 Å². The Hall–Kier alpha value is -3.35. The van der Waals surface area contributed by atoms with Crippen LogP contribution in [0.4, 0.5) is 11.4 Å². The van der Waals surface area contributed by atoms with Gasteiger partial charge in [0.2, 0.25) is 0 Å². The van der Waals surface area contributed by atoms with E-state index in [1.807, 2.05) is 46.8 Å². The van der Waals surface area contributed by atoms with Crippen molar-refractivity contribution in [2.45, 2.75) is 34.6 Å². The molecule has 0 unspecified atom stereocenters. The van der Waals surface area contributed by atoms with E-state index >= 15 is 0 Å². The smallest absolute Gasteiger partial charge is 0.350 e. The van der Waals surface area contributed by atoms with Crippen LogP contribution in [0, 0.1) is 43.4 Å². The first kappa shape index (κ1) is 47.7. The van der Waals surface area contributed by atoms with Gasteiger partial charge in [0.25, 0.3) is 0 Å². The number of carboxylic acid groups (broad SMARTS) is 1. The normalized spacial score (nSPS) is 9.53. The zero-order valence-corrected chi connectivity index (χ0v) is 36.6. The minimum absolute atomic E-state index is 0.163. The van der Waals surface area contributed by atoms with Gasteiger partial charge in [-0.05, 0) is 20.8 Å². The van der Waals surface area contributed by atoms with Crippen LogP contribution >= 0.6 is 115 Å². The second-order valence-corrected chi connectivity index (χ2v) is 16.8. The number of anilines is 2. The highest BCUT2D eigenvalue weighted by Crippen LogP contribution is 2.38. The van der Waals surface area contributed by atoms with Crippen LogP contribution in [0.2, 0.25) is 14.8 Å². The van der Waals surface area contributed by atoms with Crippen LogP contribution in [0.1, 0.15) is 58.0 Å². The number of hydrogen-bond acceptors (Lipinski definition) is 20. The van der Waals surface area contributed by atoms with Crippen LogP contribution in [-0.4, -0.2) is 62.9 Å². The average molecular weight is 916 g/mol. The topological polar surface area (TPSA) is 241 Å². The predicted molar refractivity (Wildman–Crippen MR) is 222 cm³/mol. The SMILES string of the molecule is CC.COC(=O)CS.COC(=O)c1sc2nc(C)sc2c1N.Cc1nc(Cl)c(C#N)s1.Cc1nc2sc(C(=O)O)c(N)c2s1.N#Cc1sc(Cl)nc1Cl. The van der Waals surface area contributed by atoms with Gasteiger partial charge >= 0.3 is 17.9 Å². The third kappa shape index (κ3) is 14.1. The number of esters is 2. The van der Waals surface area contributed by atoms with Crippen LogP contribution in [-0.2, 0) is 14.3 Å². The van der Waals surface area contributed by atoms with Crippen molar-refractivity contribution in [1.82, 2.24) is 19.9 Å². The highest BCUT2D eigenvalue weighted by Gasteiger charge is 2.19. The lowest BCUT2D eigenvalue weighted by molar-refractivity contribution is -0.137. The summed E-state index contributed by atoms with van der Waals surface area (Å²) in [6, 6.07) is 3.80. The molecule has 0 atom stereocenters. The van der Waals surface area contributed by atoms with Gasteiger partial charge in [-0.15, -0.1) is 56.7 Å². The van der Waals surface area contributed by atoms with Gasteiger partial charge in [0, 0.05) is 0 Å². The van der Waals surface area contributed by atoms with E-state index in [9.17, 15) is 14.4 Å². The van der Waals surface area contributed by atoms with Gasteiger partial charge in [-0.1, -0.05) is 60.0 Å². The van der Waals surface area contributed by atoms with Crippen LogP contribution in [0.15, 0.2) is 0 Å². The molecule has 0 aliphatic heterocycles. The van der Waals surface area contributed by atoms with E-state index in [4.69, 9.17) is 61.9 Å². The average Bonchev–Trinajstić information content (AvgIpc) is 3.97. The monoisotopic (exact) mass is 914 g/mol. The number of nitriles is 2. The van der Waals surface area contributed by atoms with E-state index in [0.717, 1.165) is 56.8 Å². The molecule has 0 radical (unpaired) electrons. The summed E-state index contributed by atoms with van der Waals surface area (Å²) in [6.07, 6.45) is 0. The van der Waals surface area contributed by atoms with E-state index in [2.05, 4.69) is 42.0 Å². The molecule has 0 saturated carbocycles. The molecule has 0 bridgehead atoms. The first-order valence-corrected chi connectivity index (χ1v) is 20.7. The fraction of sp³-hybridized carbons (Fsp3) is 0.276. The van der Waals surface area contributed by atoms with E-state index in [-0.39, 0.29) is 21.8 Å². The fourth-order valence-corrected chi connectivity index (χ4v) is 9.43. The highest BCUT2D eigenvalue weighted by molar-refractivity contribution is 7.81. The van der Waals surface area contributed by atoms with Crippen molar-refractivity contribution >= 4 is 164 Å². The molecule has 53 heavy (non-hydrogen) atoms. The number of thiol groups is 1. The second-order valence-electron chi connectivity index (χ2n) is 8.62. The van der Waals surface area contributed by atoms with E-state index in [1.165, 1.54) is 59.6 Å². The Morgan fingerprint density at radius 1 is 0.736 bits per heavy atom. The number of hydrogen-bond donors (Lipinski definition) is 4. The zero-order valence-electron chi connectivity index (χ0n) is 28.6. The summed E-state index contributed by atoms with van der Waals surface area (Å²) in [7, 11) is 2.67. The van der Waals surface area contributed by atoms with Crippen LogP contribution in [0.25, 0.3) is 19.1 Å². The van der Waals surface area contributed by atoms with Crippen molar-refractivity contribution < 1.29 is 29.0 Å². The van der Waals surface area contributed by atoms with Crippen LogP contribution < -0.4 is 11.5 Å². The van der Waals surface area contributed by atoms with E-state index in [1.54, 1.807) is 0 Å². The molecule has 6 aromatic rings. The fourth-order valence-electron chi connectivity index (χ4n) is 3.09. The third-order valence-electron chi connectivity index (χ3n) is 5.16. The molecule has 5 N–H and O–H groups in total. The minimum atomic E-state index is -0.981.